The summed E-state index contributed by atoms with van der Waals surface area (Å²) >= 11 is 0. The van der Waals surface area contributed by atoms with Crippen molar-refractivity contribution >= 4 is 29.3 Å². The van der Waals surface area contributed by atoms with Crippen LogP contribution < -0.4 is 16.0 Å². The summed E-state index contributed by atoms with van der Waals surface area (Å²) in [5, 5.41) is 12.4. The molecule has 0 spiro atoms. The Labute approximate surface area is 274 Å². The number of halogens is 2. The summed E-state index contributed by atoms with van der Waals surface area (Å²) < 4.78 is 31.9. The highest BCUT2D eigenvalue weighted by Crippen LogP contribution is 2.40. The van der Waals surface area contributed by atoms with E-state index in [9.17, 15) is 23.6 Å². The molecule has 0 radical (unpaired) electrons. The number of hydrogen-bond donors (Lipinski definition) is 3. The van der Waals surface area contributed by atoms with Crippen LogP contribution in [-0.2, 0) is 20.9 Å². The number of hydrogen-bond acceptors (Lipinski definition) is 6. The maximum absolute atomic E-state index is 15.7. The Morgan fingerprint density at radius 3 is 2.30 bits per heavy atom. The van der Waals surface area contributed by atoms with Gasteiger partial charge in [-0.3, -0.25) is 23.9 Å². The van der Waals surface area contributed by atoms with Crippen LogP contribution >= 0.6 is 0 Å². The Morgan fingerprint density at radius 1 is 1.00 bits per heavy atom. The standard InChI is InChI=1S/C34H47F2N7O4/c1-4-43-27(13-16-37-43)30(44)39-29(23-9-7-5-6-8-10-23)31(45)38-26-12-11-24(21-25(26)35)22(2)28(40-33(47)34(36)14-15-34)32(46)42-19-17-41(3)18-20-42/h11-13,16,21-23,28-29H,4-10,14-15,17-20H2,1-3H3,(H,38,45)(H,39,44)(H,40,47)/t22-,28+,29?/m0/s1. The third-order valence-corrected chi connectivity index (χ3v) is 9.93. The molecule has 2 heterocycles. The summed E-state index contributed by atoms with van der Waals surface area (Å²) in [4.78, 5) is 57.1. The maximum Gasteiger partial charge on any atom is 0.270 e. The Bertz CT molecular complexity index is 1450. The van der Waals surface area contributed by atoms with Crippen molar-refractivity contribution in [1.82, 2.24) is 30.2 Å². The third-order valence-electron chi connectivity index (χ3n) is 9.93. The van der Waals surface area contributed by atoms with Gasteiger partial charge in [0.1, 0.15) is 23.6 Å². The normalized spacial score (nSPS) is 20.4. The summed E-state index contributed by atoms with van der Waals surface area (Å²) in [5.41, 5.74) is -1.28. The molecule has 11 nitrogen and oxygen atoms in total. The predicted octanol–water partition coefficient (Wildman–Crippen LogP) is 3.61. The second-order valence-electron chi connectivity index (χ2n) is 13.3. The van der Waals surface area contributed by atoms with Crippen molar-refractivity contribution in [3.8, 4) is 0 Å². The predicted molar refractivity (Wildman–Crippen MR) is 173 cm³/mol. The number of piperazine rings is 1. The van der Waals surface area contributed by atoms with Crippen LogP contribution in [0.1, 0.15) is 87.2 Å². The zero-order valence-electron chi connectivity index (χ0n) is 27.6. The zero-order chi connectivity index (χ0) is 33.7. The third kappa shape index (κ3) is 8.17. The second kappa shape index (κ2) is 14.9. The van der Waals surface area contributed by atoms with Crippen LogP contribution in [0.25, 0.3) is 0 Å². The zero-order valence-corrected chi connectivity index (χ0v) is 27.6. The van der Waals surface area contributed by atoms with E-state index in [-0.39, 0.29) is 30.4 Å². The highest BCUT2D eigenvalue weighted by Gasteiger charge is 2.52. The number of likely N-dealkylation sites (N-methyl/N-ethyl adjacent to an activating group) is 1. The molecular formula is C34H47F2N7O4. The molecule has 1 aromatic heterocycles. The molecule has 3 aliphatic rings. The Balaban J connectivity index is 1.33. The van der Waals surface area contributed by atoms with Gasteiger partial charge in [0, 0.05) is 44.8 Å². The van der Waals surface area contributed by atoms with E-state index in [4.69, 9.17) is 0 Å². The Kier molecular flexibility index (Phi) is 10.9. The highest BCUT2D eigenvalue weighted by atomic mass is 19.1. The van der Waals surface area contributed by atoms with E-state index >= 15 is 4.39 Å². The molecule has 3 atom stereocenters. The lowest BCUT2D eigenvalue weighted by atomic mass is 9.90. The molecule has 2 saturated carbocycles. The fourth-order valence-electron chi connectivity index (χ4n) is 6.58. The van der Waals surface area contributed by atoms with E-state index in [1.807, 2.05) is 14.0 Å². The topological polar surface area (TPSA) is 129 Å². The van der Waals surface area contributed by atoms with Crippen LogP contribution in [0.5, 0.6) is 0 Å². The summed E-state index contributed by atoms with van der Waals surface area (Å²) in [6.07, 6.45) is 7.26. The van der Waals surface area contributed by atoms with E-state index in [2.05, 4.69) is 25.9 Å². The van der Waals surface area contributed by atoms with Gasteiger partial charge in [0.15, 0.2) is 5.67 Å². The quantitative estimate of drug-likeness (QED) is 0.318. The minimum absolute atomic E-state index is 0.0657. The molecule has 13 heteroatoms. The second-order valence-corrected chi connectivity index (χ2v) is 13.3. The van der Waals surface area contributed by atoms with Gasteiger partial charge in [-0.25, -0.2) is 8.78 Å². The van der Waals surface area contributed by atoms with Gasteiger partial charge in [-0.05, 0) is 69.3 Å². The van der Waals surface area contributed by atoms with Gasteiger partial charge in [0.05, 0.1) is 5.69 Å². The van der Waals surface area contributed by atoms with Crippen molar-refractivity contribution < 1.29 is 28.0 Å². The first-order chi connectivity index (χ1) is 22.5. The molecule has 256 valence electrons. The molecule has 2 aromatic rings. The number of alkyl halides is 1. The van der Waals surface area contributed by atoms with Crippen molar-refractivity contribution in [1.29, 1.82) is 0 Å². The van der Waals surface area contributed by atoms with Crippen LogP contribution in [0.15, 0.2) is 30.5 Å². The molecule has 1 saturated heterocycles. The van der Waals surface area contributed by atoms with Crippen LogP contribution in [0.4, 0.5) is 14.5 Å². The average molecular weight is 656 g/mol. The number of carbonyl (C=O) groups excluding carboxylic acids is 4. The lowest BCUT2D eigenvalue weighted by molar-refractivity contribution is -0.140. The van der Waals surface area contributed by atoms with E-state index in [1.54, 1.807) is 28.6 Å². The van der Waals surface area contributed by atoms with Crippen molar-refractivity contribution in [2.45, 2.75) is 95.4 Å². The number of benzene rings is 1. The fraction of sp³-hybridized carbons (Fsp3) is 0.618. The van der Waals surface area contributed by atoms with Crippen molar-refractivity contribution in [3.05, 3.63) is 47.5 Å². The SMILES string of the molecule is CCn1nccc1C(=O)NC(C(=O)Nc1ccc([C@H](C)[C@@H](NC(=O)C2(F)CC2)C(=O)N2CCN(C)CC2)cc1F)C1CCCCCC1. The molecule has 47 heavy (non-hydrogen) atoms. The minimum atomic E-state index is -1.97. The van der Waals surface area contributed by atoms with E-state index in [1.165, 1.54) is 18.3 Å². The maximum atomic E-state index is 15.7. The molecule has 3 fully saturated rings. The molecular weight excluding hydrogens is 608 g/mol. The number of aromatic nitrogens is 2. The van der Waals surface area contributed by atoms with Crippen LogP contribution in [0, 0.1) is 11.7 Å². The first kappa shape index (κ1) is 34.5. The Hall–Kier alpha value is -3.87. The van der Waals surface area contributed by atoms with E-state index in [0.717, 1.165) is 38.5 Å². The molecule has 2 aliphatic carbocycles. The molecule has 1 unspecified atom stereocenters. The summed E-state index contributed by atoms with van der Waals surface area (Å²) in [7, 11) is 1.96. The van der Waals surface area contributed by atoms with Gasteiger partial charge < -0.3 is 25.8 Å². The van der Waals surface area contributed by atoms with Crippen LogP contribution in [-0.4, -0.2) is 94.2 Å². The molecule has 1 aliphatic heterocycles. The summed E-state index contributed by atoms with van der Waals surface area (Å²) in [6, 6.07) is 3.89. The fourth-order valence-corrected chi connectivity index (χ4v) is 6.58. The first-order valence-electron chi connectivity index (χ1n) is 16.9. The number of rotatable bonds is 11. The van der Waals surface area contributed by atoms with Gasteiger partial charge in [0.25, 0.3) is 11.8 Å². The monoisotopic (exact) mass is 655 g/mol. The van der Waals surface area contributed by atoms with Crippen LogP contribution in [0.2, 0.25) is 0 Å². The average Bonchev–Trinajstić information content (AvgIpc) is 3.73. The van der Waals surface area contributed by atoms with Gasteiger partial charge in [0.2, 0.25) is 11.8 Å². The lowest BCUT2D eigenvalue weighted by Crippen LogP contribution is -2.56. The smallest absolute Gasteiger partial charge is 0.270 e. The molecule has 3 N–H and O–H groups in total. The van der Waals surface area contributed by atoms with Crippen molar-refractivity contribution in [2.24, 2.45) is 5.92 Å². The van der Waals surface area contributed by atoms with Crippen molar-refractivity contribution in [2.75, 3.05) is 38.5 Å². The minimum Gasteiger partial charge on any atom is -0.341 e. The molecule has 4 amide bonds. The Morgan fingerprint density at radius 2 is 1.68 bits per heavy atom. The van der Waals surface area contributed by atoms with Crippen LogP contribution in [0.3, 0.4) is 0 Å². The van der Waals surface area contributed by atoms with E-state index in [0.29, 0.717) is 44.0 Å². The summed E-state index contributed by atoms with van der Waals surface area (Å²) in [6.45, 7) is 6.33. The number of anilines is 1. The molecule has 1 aromatic carbocycles. The van der Waals surface area contributed by atoms with Gasteiger partial charge >= 0.3 is 0 Å². The molecule has 5 rings (SSSR count). The first-order valence-corrected chi connectivity index (χ1v) is 16.9. The number of aryl methyl sites for hydroxylation is 1. The number of nitrogens with zero attached hydrogens (tertiary/aromatic N) is 4. The van der Waals surface area contributed by atoms with Gasteiger partial charge in [-0.2, -0.15) is 5.10 Å². The van der Waals surface area contributed by atoms with E-state index < -0.39 is 47.2 Å². The largest absolute Gasteiger partial charge is 0.341 e. The number of nitrogens with one attached hydrogen (secondary N) is 3. The molecule has 0 bridgehead atoms. The van der Waals surface area contributed by atoms with Gasteiger partial charge in [-0.1, -0.05) is 38.7 Å². The van der Waals surface area contributed by atoms with Gasteiger partial charge in [-0.15, -0.1) is 0 Å². The van der Waals surface area contributed by atoms with Crippen molar-refractivity contribution in [3.63, 3.8) is 0 Å². The highest BCUT2D eigenvalue weighted by molar-refractivity contribution is 6.01. The number of carbonyl (C=O) groups is 4. The number of amides is 4. The lowest BCUT2D eigenvalue weighted by Gasteiger charge is -2.36. The summed E-state index contributed by atoms with van der Waals surface area (Å²) in [5.74, 6) is -3.62.